The number of halogens is 1. The summed E-state index contributed by atoms with van der Waals surface area (Å²) in [4.78, 5) is 13.2. The molecule has 1 amide bonds. The first kappa shape index (κ1) is 26.6. The predicted octanol–water partition coefficient (Wildman–Crippen LogP) is 5.90. The van der Waals surface area contributed by atoms with E-state index in [1.165, 1.54) is 32.1 Å². The normalized spacial score (nSPS) is 20.6. The monoisotopic (exact) mass is 470 g/mol. The number of carbonyl (C=O) groups is 1. The van der Waals surface area contributed by atoms with Gasteiger partial charge in [-0.15, -0.1) is 0 Å². The number of rotatable bonds is 13. The number of ether oxygens (including phenoxy) is 1. The molecule has 0 spiro atoms. The van der Waals surface area contributed by atoms with Gasteiger partial charge in [-0.1, -0.05) is 68.9 Å². The van der Waals surface area contributed by atoms with Crippen molar-refractivity contribution in [2.75, 3.05) is 27.3 Å². The molecular formula is C29H43FN2O2. The molecule has 188 valence electrons. The first-order valence-corrected chi connectivity index (χ1v) is 13.2. The number of benzene rings is 1. The van der Waals surface area contributed by atoms with Crippen molar-refractivity contribution in [2.24, 2.45) is 11.8 Å². The summed E-state index contributed by atoms with van der Waals surface area (Å²) in [5.41, 5.74) is 1.89. The summed E-state index contributed by atoms with van der Waals surface area (Å²) in [6.07, 6.45) is 17.7. The van der Waals surface area contributed by atoms with Crippen LogP contribution in [-0.2, 0) is 9.53 Å². The molecule has 0 radical (unpaired) electrons. The first-order chi connectivity index (χ1) is 16.6. The number of unbranched alkanes of at least 4 members (excludes halogenated alkanes) is 1. The maximum atomic E-state index is 13.6. The second-order valence-corrected chi connectivity index (χ2v) is 10.0. The van der Waals surface area contributed by atoms with E-state index in [4.69, 9.17) is 4.74 Å². The highest BCUT2D eigenvalue weighted by atomic mass is 19.1. The number of allylic oxidation sites excluding steroid dienone is 2. The molecule has 2 N–H and O–H groups in total. The first-order valence-electron chi connectivity index (χ1n) is 13.2. The lowest BCUT2D eigenvalue weighted by atomic mass is 9.78. The number of likely N-dealkylation sites (N-methyl/N-ethyl adjacent to an activating group) is 1. The fourth-order valence-corrected chi connectivity index (χ4v) is 5.62. The van der Waals surface area contributed by atoms with Gasteiger partial charge in [0.25, 0.3) is 5.91 Å². The van der Waals surface area contributed by atoms with E-state index in [0.717, 1.165) is 56.4 Å². The van der Waals surface area contributed by atoms with Gasteiger partial charge in [0, 0.05) is 31.9 Å². The molecule has 3 rings (SSSR count). The largest absolute Gasteiger partial charge is 0.385 e. The van der Waals surface area contributed by atoms with Crippen molar-refractivity contribution in [3.63, 3.8) is 0 Å². The highest BCUT2D eigenvalue weighted by Gasteiger charge is 2.26. The zero-order valence-electron chi connectivity index (χ0n) is 21.0. The van der Waals surface area contributed by atoms with Gasteiger partial charge in [0.05, 0.1) is 0 Å². The molecule has 1 saturated carbocycles. The molecule has 34 heavy (non-hydrogen) atoms. The molecule has 3 atom stereocenters. The van der Waals surface area contributed by atoms with Gasteiger partial charge in [0.2, 0.25) is 0 Å². The van der Waals surface area contributed by atoms with Gasteiger partial charge in [-0.2, -0.15) is 0 Å². The predicted molar refractivity (Wildman–Crippen MR) is 137 cm³/mol. The lowest BCUT2D eigenvalue weighted by Crippen LogP contribution is -2.43. The van der Waals surface area contributed by atoms with Crippen LogP contribution in [0.15, 0.2) is 48.1 Å². The third-order valence-electron chi connectivity index (χ3n) is 7.42. The minimum Gasteiger partial charge on any atom is -0.385 e. The summed E-state index contributed by atoms with van der Waals surface area (Å²) in [6.45, 7) is 1.54. The van der Waals surface area contributed by atoms with Crippen LogP contribution >= 0.6 is 0 Å². The minimum atomic E-state index is -0.213. The number of carbonyl (C=O) groups excluding carboxylic acids is 1. The van der Waals surface area contributed by atoms with Gasteiger partial charge in [0.15, 0.2) is 0 Å². The molecule has 0 saturated heterocycles. The summed E-state index contributed by atoms with van der Waals surface area (Å²) >= 11 is 0. The Labute approximate surface area is 205 Å². The van der Waals surface area contributed by atoms with Crippen LogP contribution < -0.4 is 10.6 Å². The lowest BCUT2D eigenvalue weighted by Gasteiger charge is -2.29. The number of amides is 1. The van der Waals surface area contributed by atoms with E-state index in [1.54, 1.807) is 19.2 Å². The van der Waals surface area contributed by atoms with E-state index < -0.39 is 0 Å². The van der Waals surface area contributed by atoms with Crippen LogP contribution in [0.1, 0.15) is 75.7 Å². The molecule has 2 aliphatic carbocycles. The molecule has 1 aromatic rings. The Hall–Kier alpha value is -1.98. The van der Waals surface area contributed by atoms with Gasteiger partial charge in [-0.3, -0.25) is 4.79 Å². The Kier molecular flexibility index (Phi) is 11.3. The van der Waals surface area contributed by atoms with Crippen molar-refractivity contribution < 1.29 is 13.9 Å². The lowest BCUT2D eigenvalue weighted by molar-refractivity contribution is -0.118. The van der Waals surface area contributed by atoms with Gasteiger partial charge < -0.3 is 15.4 Å². The van der Waals surface area contributed by atoms with E-state index in [2.05, 4.69) is 22.8 Å². The van der Waals surface area contributed by atoms with E-state index >= 15 is 0 Å². The van der Waals surface area contributed by atoms with Crippen molar-refractivity contribution in [1.29, 1.82) is 0 Å². The molecular weight excluding hydrogens is 427 g/mol. The maximum Gasteiger partial charge on any atom is 0.251 e. The molecule has 1 unspecified atom stereocenters. The van der Waals surface area contributed by atoms with Crippen LogP contribution in [-0.4, -0.2) is 39.3 Å². The highest BCUT2D eigenvalue weighted by Crippen LogP contribution is 2.36. The summed E-state index contributed by atoms with van der Waals surface area (Å²) < 4.78 is 18.8. The average Bonchev–Trinajstić information content (AvgIpc) is 2.86. The van der Waals surface area contributed by atoms with Crippen LogP contribution in [0.2, 0.25) is 0 Å². The van der Waals surface area contributed by atoms with E-state index in [1.807, 2.05) is 25.3 Å². The Balaban J connectivity index is 1.68. The fraction of sp³-hybridized carbons (Fsp3) is 0.621. The zero-order valence-corrected chi connectivity index (χ0v) is 21.0. The van der Waals surface area contributed by atoms with E-state index in [-0.39, 0.29) is 29.6 Å². The summed E-state index contributed by atoms with van der Waals surface area (Å²) in [6, 6.07) is 7.03. The molecule has 0 aliphatic heterocycles. The van der Waals surface area contributed by atoms with Gasteiger partial charge in [-0.25, -0.2) is 4.39 Å². The SMILES string of the molecule is CNC[C@H](CC1CCCCC1)NC(=O)C1=CC([C@@H](CCCCOC)c2ccc(F)cc2)CC=C1. The van der Waals surface area contributed by atoms with Gasteiger partial charge >= 0.3 is 0 Å². The van der Waals surface area contributed by atoms with Crippen molar-refractivity contribution in [1.82, 2.24) is 10.6 Å². The zero-order chi connectivity index (χ0) is 24.2. The standard InChI is InChI=1S/C29H43FN2O2/c1-31-21-27(19-22-9-4-3-5-10-22)32-29(33)25-12-8-11-24(20-25)28(13-6-7-18-34-2)23-14-16-26(30)17-15-23/h8,12,14-17,20,22,24,27-28,31H,3-7,9-11,13,18-19,21H2,1-2H3,(H,32,33)/t24?,27-,28-/m0/s1. The van der Waals surface area contributed by atoms with Crippen LogP contribution in [0.5, 0.6) is 0 Å². The molecule has 1 fully saturated rings. The number of hydrogen-bond acceptors (Lipinski definition) is 3. The number of hydrogen-bond donors (Lipinski definition) is 2. The molecule has 2 aliphatic rings. The van der Waals surface area contributed by atoms with Crippen molar-refractivity contribution >= 4 is 5.91 Å². The van der Waals surface area contributed by atoms with Crippen LogP contribution in [0.3, 0.4) is 0 Å². The van der Waals surface area contributed by atoms with Crippen LogP contribution in [0.4, 0.5) is 4.39 Å². The summed E-state index contributed by atoms with van der Waals surface area (Å²) in [5.74, 6) is 0.996. The Morgan fingerprint density at radius 2 is 1.91 bits per heavy atom. The topological polar surface area (TPSA) is 50.4 Å². The van der Waals surface area contributed by atoms with Crippen LogP contribution in [0.25, 0.3) is 0 Å². The third-order valence-corrected chi connectivity index (χ3v) is 7.42. The van der Waals surface area contributed by atoms with E-state index in [9.17, 15) is 9.18 Å². The second-order valence-electron chi connectivity index (χ2n) is 10.0. The van der Waals surface area contributed by atoms with Gasteiger partial charge in [-0.05, 0) is 68.2 Å². The number of methoxy groups -OCH3 is 1. The molecule has 0 bridgehead atoms. The summed E-state index contributed by atoms with van der Waals surface area (Å²) in [7, 11) is 3.68. The minimum absolute atomic E-state index is 0.0225. The van der Waals surface area contributed by atoms with Crippen LogP contribution in [0, 0.1) is 17.7 Å². The Bertz CT molecular complexity index is 799. The highest BCUT2D eigenvalue weighted by molar-refractivity contribution is 5.96. The fourth-order valence-electron chi connectivity index (χ4n) is 5.62. The Morgan fingerprint density at radius 3 is 2.62 bits per heavy atom. The molecule has 5 heteroatoms. The maximum absolute atomic E-state index is 13.6. The summed E-state index contributed by atoms with van der Waals surface area (Å²) in [5, 5.41) is 6.57. The molecule has 1 aromatic carbocycles. The van der Waals surface area contributed by atoms with Gasteiger partial charge in [0.1, 0.15) is 5.82 Å². The van der Waals surface area contributed by atoms with E-state index in [0.29, 0.717) is 5.92 Å². The van der Waals surface area contributed by atoms with Crippen molar-refractivity contribution in [3.05, 3.63) is 59.4 Å². The Morgan fingerprint density at radius 1 is 1.15 bits per heavy atom. The number of nitrogens with one attached hydrogen (secondary N) is 2. The smallest absolute Gasteiger partial charge is 0.251 e. The molecule has 0 heterocycles. The second kappa shape index (κ2) is 14.4. The average molecular weight is 471 g/mol. The molecule has 4 nitrogen and oxygen atoms in total. The molecule has 0 aromatic heterocycles. The van der Waals surface area contributed by atoms with Crippen molar-refractivity contribution in [3.8, 4) is 0 Å². The quantitative estimate of drug-likeness (QED) is 0.353. The van der Waals surface area contributed by atoms with Crippen molar-refractivity contribution in [2.45, 2.75) is 76.2 Å². The third kappa shape index (κ3) is 8.35.